The van der Waals surface area contributed by atoms with E-state index in [0.29, 0.717) is 4.90 Å². The fourth-order valence-electron chi connectivity index (χ4n) is 3.36. The fourth-order valence-corrected chi connectivity index (χ4v) is 3.95. The third-order valence-electron chi connectivity index (χ3n) is 4.61. The summed E-state index contributed by atoms with van der Waals surface area (Å²) >= 11 is 0.942. The highest BCUT2D eigenvalue weighted by Crippen LogP contribution is 2.35. The lowest BCUT2D eigenvalue weighted by atomic mass is 10.1. The summed E-state index contributed by atoms with van der Waals surface area (Å²) in [7, 11) is 1.16. The molecule has 7 nitrogen and oxygen atoms in total. The van der Waals surface area contributed by atoms with Crippen molar-refractivity contribution in [2.24, 2.45) is 0 Å². The summed E-state index contributed by atoms with van der Waals surface area (Å²) in [6.07, 6.45) is -4.99. The number of thiazole rings is 1. The lowest BCUT2D eigenvalue weighted by Crippen LogP contribution is -2.43. The maximum Gasteiger partial charge on any atom is 0.573 e. The van der Waals surface area contributed by atoms with Crippen molar-refractivity contribution in [3.8, 4) is 23.8 Å². The van der Waals surface area contributed by atoms with Crippen molar-refractivity contribution in [2.45, 2.75) is 25.0 Å². The Morgan fingerprint density at radius 3 is 2.50 bits per heavy atom. The summed E-state index contributed by atoms with van der Waals surface area (Å²) in [6, 6.07) is 1.81. The number of hydrogen-bond acceptors (Lipinski definition) is 6. The van der Waals surface area contributed by atoms with E-state index in [9.17, 15) is 35.9 Å². The molecule has 3 rings (SSSR count). The molecule has 0 N–H and O–H groups in total. The van der Waals surface area contributed by atoms with E-state index >= 15 is 0 Å². The predicted molar refractivity (Wildman–Crippen MR) is 108 cm³/mol. The van der Waals surface area contributed by atoms with Gasteiger partial charge in [0.1, 0.15) is 23.7 Å². The number of ether oxygens (including phenoxy) is 2. The molecular formula is C20H15F6N3O4S. The molecule has 1 aromatic carbocycles. The molecule has 0 spiro atoms. The average molecular weight is 507 g/mol. The molecule has 1 aliphatic rings. The zero-order valence-electron chi connectivity index (χ0n) is 17.2. The molecule has 0 bridgehead atoms. The summed E-state index contributed by atoms with van der Waals surface area (Å²) in [5.74, 6) is -0.397. The lowest BCUT2D eigenvalue weighted by molar-refractivity contribution is -0.274. The van der Waals surface area contributed by atoms with E-state index in [4.69, 9.17) is 11.2 Å². The molecule has 0 radical (unpaired) electrons. The molecule has 0 saturated carbocycles. The maximum absolute atomic E-state index is 13.3. The molecule has 2 amide bonds. The van der Waals surface area contributed by atoms with Crippen LogP contribution >= 0.6 is 11.3 Å². The van der Waals surface area contributed by atoms with Gasteiger partial charge in [-0.3, -0.25) is 9.59 Å². The highest BCUT2D eigenvalue weighted by molar-refractivity contribution is 7.10. The smallest absolute Gasteiger partial charge is 0.497 e. The van der Waals surface area contributed by atoms with Crippen molar-refractivity contribution in [1.82, 2.24) is 9.88 Å². The van der Waals surface area contributed by atoms with Gasteiger partial charge >= 0.3 is 12.5 Å². The number of terminal acetylenes is 1. The normalized spacial score (nSPS) is 16.4. The van der Waals surface area contributed by atoms with Gasteiger partial charge in [-0.05, 0) is 5.92 Å². The van der Waals surface area contributed by atoms with Gasteiger partial charge in [-0.25, -0.2) is 4.98 Å². The molecule has 0 unspecified atom stereocenters. The first kappa shape index (κ1) is 25.2. The number of amides is 2. The summed E-state index contributed by atoms with van der Waals surface area (Å²) in [6.45, 7) is -2.05. The molecule has 34 heavy (non-hydrogen) atoms. The SMILES string of the molecule is C#Cc1nc(C(=O)N(c2cc(OC)cc(OC(F)(F)F)c2)[C@@H]2CC(=O)N(CC(F)(F)F)C2)cs1. The van der Waals surface area contributed by atoms with Crippen LogP contribution in [0.3, 0.4) is 0 Å². The van der Waals surface area contributed by atoms with Gasteiger partial charge in [-0.15, -0.1) is 30.9 Å². The number of methoxy groups -OCH3 is 1. The van der Waals surface area contributed by atoms with Gasteiger partial charge in [0.05, 0.1) is 18.8 Å². The Labute approximate surface area is 192 Å². The Kier molecular flexibility index (Phi) is 6.97. The summed E-state index contributed by atoms with van der Waals surface area (Å²) < 4.78 is 85.9. The fraction of sp³-hybridized carbons (Fsp3) is 0.350. The Balaban J connectivity index is 2.06. The number of hydrogen-bond donors (Lipinski definition) is 0. The molecule has 1 atom stereocenters. The third-order valence-corrected chi connectivity index (χ3v) is 5.38. The first-order valence-electron chi connectivity index (χ1n) is 9.34. The van der Waals surface area contributed by atoms with Crippen molar-refractivity contribution in [3.05, 3.63) is 34.3 Å². The highest BCUT2D eigenvalue weighted by Gasteiger charge is 2.42. The van der Waals surface area contributed by atoms with Crippen LogP contribution < -0.4 is 14.4 Å². The third kappa shape index (κ3) is 6.10. The van der Waals surface area contributed by atoms with Crippen molar-refractivity contribution < 1.29 is 45.4 Å². The van der Waals surface area contributed by atoms with Crippen LogP contribution in [-0.4, -0.2) is 60.5 Å². The number of carbonyl (C=O) groups excluding carboxylic acids is 2. The molecule has 1 aliphatic heterocycles. The van der Waals surface area contributed by atoms with E-state index in [1.54, 1.807) is 0 Å². The van der Waals surface area contributed by atoms with Crippen LogP contribution in [0.4, 0.5) is 32.0 Å². The van der Waals surface area contributed by atoms with E-state index in [0.717, 1.165) is 35.5 Å². The van der Waals surface area contributed by atoms with Crippen molar-refractivity contribution >= 4 is 28.8 Å². The molecule has 182 valence electrons. The molecule has 0 aliphatic carbocycles. The van der Waals surface area contributed by atoms with Gasteiger partial charge in [-0.1, -0.05) is 0 Å². The van der Waals surface area contributed by atoms with Crippen LogP contribution in [0.25, 0.3) is 0 Å². The van der Waals surface area contributed by atoms with Crippen LogP contribution in [0.15, 0.2) is 23.6 Å². The highest BCUT2D eigenvalue weighted by atomic mass is 32.1. The van der Waals surface area contributed by atoms with Crippen LogP contribution in [-0.2, 0) is 4.79 Å². The number of halogens is 6. The summed E-state index contributed by atoms with van der Waals surface area (Å²) in [5.41, 5.74) is -0.397. The molecule has 1 aromatic heterocycles. The number of alkyl halides is 6. The number of rotatable bonds is 6. The first-order valence-corrected chi connectivity index (χ1v) is 10.2. The number of carbonyl (C=O) groups is 2. The Hall–Kier alpha value is -3.47. The van der Waals surface area contributed by atoms with Gasteiger partial charge in [0.15, 0.2) is 5.01 Å². The second kappa shape index (κ2) is 9.41. The minimum Gasteiger partial charge on any atom is -0.497 e. The molecule has 1 saturated heterocycles. The van der Waals surface area contributed by atoms with Crippen LogP contribution in [0.5, 0.6) is 11.5 Å². The maximum atomic E-state index is 13.3. The zero-order valence-corrected chi connectivity index (χ0v) is 18.1. The van der Waals surface area contributed by atoms with Gasteiger partial charge in [0.25, 0.3) is 5.91 Å². The van der Waals surface area contributed by atoms with E-state index in [1.165, 1.54) is 11.4 Å². The number of aromatic nitrogens is 1. The largest absolute Gasteiger partial charge is 0.573 e. The van der Waals surface area contributed by atoms with Gasteiger partial charge in [0, 0.05) is 36.5 Å². The zero-order chi connectivity index (χ0) is 25.3. The van der Waals surface area contributed by atoms with E-state index in [-0.39, 0.29) is 22.1 Å². The molecule has 1 fully saturated rings. The first-order chi connectivity index (χ1) is 15.8. The Bertz CT molecular complexity index is 1120. The van der Waals surface area contributed by atoms with E-state index < -0.39 is 55.7 Å². The Morgan fingerprint density at radius 1 is 1.26 bits per heavy atom. The molecular weight excluding hydrogens is 492 g/mol. The average Bonchev–Trinajstić information content (AvgIpc) is 3.32. The van der Waals surface area contributed by atoms with E-state index in [2.05, 4.69) is 15.6 Å². The minimum absolute atomic E-state index is 0.131. The van der Waals surface area contributed by atoms with Crippen LogP contribution in [0.2, 0.25) is 0 Å². The number of nitrogens with zero attached hydrogens (tertiary/aromatic N) is 3. The van der Waals surface area contributed by atoms with Crippen LogP contribution in [0, 0.1) is 12.3 Å². The van der Waals surface area contributed by atoms with E-state index in [1.807, 2.05) is 0 Å². The monoisotopic (exact) mass is 507 g/mol. The van der Waals surface area contributed by atoms with Crippen LogP contribution in [0.1, 0.15) is 21.9 Å². The van der Waals surface area contributed by atoms with Crippen molar-refractivity contribution in [3.63, 3.8) is 0 Å². The molecule has 2 aromatic rings. The molecule has 2 heterocycles. The second-order valence-electron chi connectivity index (χ2n) is 7.02. The van der Waals surface area contributed by atoms with Gasteiger partial charge in [0.2, 0.25) is 5.91 Å². The number of benzene rings is 1. The predicted octanol–water partition coefficient (Wildman–Crippen LogP) is 3.84. The van der Waals surface area contributed by atoms with Crippen molar-refractivity contribution in [2.75, 3.05) is 25.1 Å². The lowest BCUT2D eigenvalue weighted by Gasteiger charge is -2.29. The minimum atomic E-state index is -5.07. The quantitative estimate of drug-likeness (QED) is 0.439. The standard InChI is InChI=1S/C20H15F6N3O4S/c1-3-16-27-15(9-34-16)18(31)29(12-6-17(30)28(8-12)10-19(21,22)23)11-4-13(32-2)7-14(5-11)33-20(24,25)26/h1,4-5,7,9,12H,6,8,10H2,2H3/t12-/m1/s1. The van der Waals surface area contributed by atoms with Gasteiger partial charge in [-0.2, -0.15) is 13.2 Å². The molecule has 14 heteroatoms. The number of likely N-dealkylation sites (tertiary alicyclic amines) is 1. The summed E-state index contributed by atoms with van der Waals surface area (Å²) in [5, 5.41) is 1.43. The Morgan fingerprint density at radius 2 is 1.94 bits per heavy atom. The number of anilines is 1. The van der Waals surface area contributed by atoms with Crippen molar-refractivity contribution in [1.29, 1.82) is 0 Å². The topological polar surface area (TPSA) is 72.0 Å². The van der Waals surface area contributed by atoms with Gasteiger partial charge < -0.3 is 19.3 Å². The second-order valence-corrected chi connectivity index (χ2v) is 7.88. The summed E-state index contributed by atoms with van der Waals surface area (Å²) in [4.78, 5) is 30.9.